The number of amides is 2. The molecule has 0 aliphatic carbocycles. The van der Waals surface area contributed by atoms with Gasteiger partial charge >= 0.3 is 0 Å². The Morgan fingerprint density at radius 1 is 1.03 bits per heavy atom. The first-order chi connectivity index (χ1) is 15.8. The Morgan fingerprint density at radius 2 is 1.70 bits per heavy atom. The fourth-order valence-electron chi connectivity index (χ4n) is 4.39. The van der Waals surface area contributed by atoms with Crippen LogP contribution in [0.5, 0.6) is 0 Å². The van der Waals surface area contributed by atoms with Crippen molar-refractivity contribution in [3.63, 3.8) is 0 Å². The van der Waals surface area contributed by atoms with Crippen molar-refractivity contribution in [2.24, 2.45) is 5.92 Å². The second-order valence-electron chi connectivity index (χ2n) is 8.75. The number of anilines is 1. The van der Waals surface area contributed by atoms with Crippen molar-refractivity contribution in [3.8, 4) is 0 Å². The van der Waals surface area contributed by atoms with Gasteiger partial charge in [-0.15, -0.1) is 0 Å². The van der Waals surface area contributed by atoms with Gasteiger partial charge in [0.2, 0.25) is 21.8 Å². The normalized spacial score (nSPS) is 19.2. The molecule has 0 aromatic heterocycles. The average molecular weight is 468 g/mol. The highest BCUT2D eigenvalue weighted by atomic mass is 32.2. The summed E-state index contributed by atoms with van der Waals surface area (Å²) in [4.78, 5) is 26.7. The maximum Gasteiger partial charge on any atom is 0.243 e. The third-order valence-electron chi connectivity index (χ3n) is 6.37. The number of carbonyl (C=O) groups excluding carboxylic acids is 2. The van der Waals surface area contributed by atoms with Crippen LogP contribution in [0.4, 0.5) is 5.69 Å². The molecular formula is C25H29N3O4S. The molecule has 174 valence electrons. The molecule has 0 unspecified atom stereocenters. The van der Waals surface area contributed by atoms with Crippen LogP contribution in [0.1, 0.15) is 50.3 Å². The highest BCUT2D eigenvalue weighted by Crippen LogP contribution is 2.33. The second kappa shape index (κ2) is 9.49. The number of hydrogen-bond acceptors (Lipinski definition) is 4. The number of nitrogens with zero attached hydrogens (tertiary/aromatic N) is 2. The van der Waals surface area contributed by atoms with Crippen molar-refractivity contribution in [2.75, 3.05) is 18.4 Å². The minimum atomic E-state index is -3.53. The molecule has 8 heteroatoms. The molecule has 1 atom stereocenters. The molecule has 2 aromatic rings. The standard InChI is InChI=1S/C25H29N3O4S/c1-18-11-14-27(15-12-18)33(31,32)22-9-7-21(8-10-22)26-25(30)17-24-23-6-4-3-5-20(23)13-16-28(24)19(2)29/h3-10,13,16,18,24H,11-12,14-15,17H2,1-2H3,(H,26,30)/t24-/m0/s1. The number of nitrogens with one attached hydrogen (secondary N) is 1. The van der Waals surface area contributed by atoms with E-state index in [0.29, 0.717) is 24.7 Å². The number of fused-ring (bicyclic) bond motifs is 1. The zero-order valence-corrected chi connectivity index (χ0v) is 19.7. The Labute approximate surface area is 195 Å². The summed E-state index contributed by atoms with van der Waals surface area (Å²) in [5, 5.41) is 2.83. The van der Waals surface area contributed by atoms with Crippen molar-refractivity contribution in [1.82, 2.24) is 9.21 Å². The van der Waals surface area contributed by atoms with Crippen LogP contribution in [0.3, 0.4) is 0 Å². The predicted molar refractivity (Wildman–Crippen MR) is 128 cm³/mol. The first-order valence-electron chi connectivity index (χ1n) is 11.2. The third kappa shape index (κ3) is 5.02. The SMILES string of the molecule is CC(=O)N1C=Cc2ccccc2[C@@H]1CC(=O)Nc1ccc(S(=O)(=O)N2CCC(C)CC2)cc1. The van der Waals surface area contributed by atoms with Crippen LogP contribution in [0.2, 0.25) is 0 Å². The Hall–Kier alpha value is -2.97. The number of carbonyl (C=O) groups is 2. The lowest BCUT2D eigenvalue weighted by molar-refractivity contribution is -0.129. The number of benzene rings is 2. The summed E-state index contributed by atoms with van der Waals surface area (Å²) in [5.41, 5.74) is 2.41. The molecule has 33 heavy (non-hydrogen) atoms. The lowest BCUT2D eigenvalue weighted by Gasteiger charge is -2.32. The van der Waals surface area contributed by atoms with Crippen LogP contribution in [-0.4, -0.2) is 42.5 Å². The number of rotatable bonds is 5. The monoisotopic (exact) mass is 467 g/mol. The summed E-state index contributed by atoms with van der Waals surface area (Å²) < 4.78 is 27.3. The molecular weight excluding hydrogens is 438 g/mol. The number of hydrogen-bond donors (Lipinski definition) is 1. The molecule has 2 aliphatic heterocycles. The van der Waals surface area contributed by atoms with E-state index >= 15 is 0 Å². The summed E-state index contributed by atoms with van der Waals surface area (Å²) in [7, 11) is -3.53. The number of piperidine rings is 1. The molecule has 1 saturated heterocycles. The smallest absolute Gasteiger partial charge is 0.243 e. The Kier molecular flexibility index (Phi) is 6.67. The maximum atomic E-state index is 12.9. The zero-order valence-electron chi connectivity index (χ0n) is 18.9. The second-order valence-corrected chi connectivity index (χ2v) is 10.7. The van der Waals surface area contributed by atoms with E-state index in [-0.39, 0.29) is 23.1 Å². The molecule has 0 bridgehead atoms. The first kappa shape index (κ1) is 23.2. The van der Waals surface area contributed by atoms with E-state index in [1.165, 1.54) is 23.4 Å². The molecule has 1 N–H and O–H groups in total. The average Bonchev–Trinajstić information content (AvgIpc) is 2.79. The van der Waals surface area contributed by atoms with Gasteiger partial charge in [-0.1, -0.05) is 31.2 Å². The van der Waals surface area contributed by atoms with Crippen molar-refractivity contribution < 1.29 is 18.0 Å². The Bertz CT molecular complexity index is 1170. The van der Waals surface area contributed by atoms with Gasteiger partial charge in [-0.05, 0) is 60.2 Å². The summed E-state index contributed by atoms with van der Waals surface area (Å²) in [6.07, 6.45) is 5.40. The third-order valence-corrected chi connectivity index (χ3v) is 8.28. The van der Waals surface area contributed by atoms with Crippen LogP contribution in [-0.2, 0) is 19.6 Å². The maximum absolute atomic E-state index is 12.9. The van der Waals surface area contributed by atoms with E-state index in [9.17, 15) is 18.0 Å². The fraction of sp³-hybridized carbons (Fsp3) is 0.360. The van der Waals surface area contributed by atoms with Crippen LogP contribution < -0.4 is 5.32 Å². The van der Waals surface area contributed by atoms with Gasteiger partial charge < -0.3 is 10.2 Å². The van der Waals surface area contributed by atoms with E-state index in [2.05, 4.69) is 12.2 Å². The van der Waals surface area contributed by atoms with Gasteiger partial charge in [-0.2, -0.15) is 4.31 Å². The van der Waals surface area contributed by atoms with Gasteiger partial charge in [0.15, 0.2) is 0 Å². The first-order valence-corrected chi connectivity index (χ1v) is 12.7. The highest BCUT2D eigenvalue weighted by molar-refractivity contribution is 7.89. The largest absolute Gasteiger partial charge is 0.326 e. The number of sulfonamides is 1. The quantitative estimate of drug-likeness (QED) is 0.720. The molecule has 2 aliphatic rings. The highest BCUT2D eigenvalue weighted by Gasteiger charge is 2.29. The van der Waals surface area contributed by atoms with E-state index in [0.717, 1.165) is 24.0 Å². The molecule has 2 aromatic carbocycles. The lowest BCUT2D eigenvalue weighted by atomic mass is 9.93. The molecule has 4 rings (SSSR count). The summed E-state index contributed by atoms with van der Waals surface area (Å²) in [5.74, 6) is 0.150. The van der Waals surface area contributed by atoms with Crippen LogP contribution >= 0.6 is 0 Å². The van der Waals surface area contributed by atoms with Gasteiger partial charge in [-0.3, -0.25) is 9.59 Å². The zero-order chi connectivity index (χ0) is 23.6. The minimum absolute atomic E-state index is 0.0902. The Morgan fingerprint density at radius 3 is 2.36 bits per heavy atom. The summed E-state index contributed by atoms with van der Waals surface area (Å²) in [6.45, 7) is 4.68. The van der Waals surface area contributed by atoms with Crippen molar-refractivity contribution in [2.45, 2.75) is 44.0 Å². The molecule has 2 heterocycles. The Balaban J connectivity index is 1.45. The van der Waals surface area contributed by atoms with Crippen LogP contribution in [0, 0.1) is 5.92 Å². The van der Waals surface area contributed by atoms with Gasteiger partial charge in [0.1, 0.15) is 0 Å². The van der Waals surface area contributed by atoms with Gasteiger partial charge in [0.25, 0.3) is 0 Å². The van der Waals surface area contributed by atoms with E-state index in [1.54, 1.807) is 23.2 Å². The van der Waals surface area contributed by atoms with Crippen molar-refractivity contribution >= 4 is 33.6 Å². The summed E-state index contributed by atoms with van der Waals surface area (Å²) >= 11 is 0. The van der Waals surface area contributed by atoms with Crippen LogP contribution in [0.25, 0.3) is 6.08 Å². The molecule has 0 radical (unpaired) electrons. The van der Waals surface area contributed by atoms with E-state index < -0.39 is 16.1 Å². The lowest BCUT2D eigenvalue weighted by Crippen LogP contribution is -2.37. The van der Waals surface area contributed by atoms with Gasteiger partial charge in [0.05, 0.1) is 17.4 Å². The van der Waals surface area contributed by atoms with Gasteiger partial charge in [-0.25, -0.2) is 8.42 Å². The van der Waals surface area contributed by atoms with Crippen molar-refractivity contribution in [3.05, 3.63) is 65.9 Å². The molecule has 0 spiro atoms. The molecule has 2 amide bonds. The topological polar surface area (TPSA) is 86.8 Å². The van der Waals surface area contributed by atoms with Crippen LogP contribution in [0.15, 0.2) is 59.6 Å². The van der Waals surface area contributed by atoms with E-state index in [4.69, 9.17) is 0 Å². The molecule has 0 saturated carbocycles. The molecule has 7 nitrogen and oxygen atoms in total. The summed E-state index contributed by atoms with van der Waals surface area (Å²) in [6, 6.07) is 13.6. The molecule has 1 fully saturated rings. The van der Waals surface area contributed by atoms with Crippen molar-refractivity contribution in [1.29, 1.82) is 0 Å². The van der Waals surface area contributed by atoms with E-state index in [1.807, 2.05) is 30.3 Å². The van der Waals surface area contributed by atoms with Gasteiger partial charge in [0, 0.05) is 31.9 Å². The fourth-order valence-corrected chi connectivity index (χ4v) is 5.86. The predicted octanol–water partition coefficient (Wildman–Crippen LogP) is 4.01. The minimum Gasteiger partial charge on any atom is -0.326 e.